The monoisotopic (exact) mass is 266 g/mol. The third-order valence-electron chi connectivity index (χ3n) is 2.90. The number of amides is 1. The second-order valence-electron chi connectivity index (χ2n) is 4.57. The molecule has 1 rings (SSSR count). The van der Waals surface area contributed by atoms with E-state index in [1.807, 2.05) is 18.2 Å². The van der Waals surface area contributed by atoms with Gasteiger partial charge < -0.3 is 21.3 Å². The Hall–Kier alpha value is -1.43. The van der Waals surface area contributed by atoms with Gasteiger partial charge in [0.05, 0.1) is 6.10 Å². The molecule has 0 aromatic heterocycles. The molecule has 0 saturated carbocycles. The van der Waals surface area contributed by atoms with Crippen molar-refractivity contribution in [3.63, 3.8) is 0 Å². The maximum Gasteiger partial charge on any atom is 0.216 e. The fraction of sp³-hybridized carbons (Fsp3) is 0.500. The van der Waals surface area contributed by atoms with E-state index in [2.05, 4.69) is 5.32 Å². The van der Waals surface area contributed by atoms with Crippen LogP contribution in [0.5, 0.6) is 0 Å². The van der Waals surface area contributed by atoms with Gasteiger partial charge >= 0.3 is 0 Å². The molecular weight excluding hydrogens is 244 g/mol. The molecule has 19 heavy (non-hydrogen) atoms. The summed E-state index contributed by atoms with van der Waals surface area (Å²) in [4.78, 5) is 10.7. The smallest absolute Gasteiger partial charge is 0.216 e. The molecule has 0 bridgehead atoms. The highest BCUT2D eigenvalue weighted by Gasteiger charge is 2.18. The van der Waals surface area contributed by atoms with Crippen molar-refractivity contribution in [3.05, 3.63) is 35.4 Å². The van der Waals surface area contributed by atoms with E-state index in [-0.39, 0.29) is 5.91 Å². The zero-order valence-corrected chi connectivity index (χ0v) is 11.2. The van der Waals surface area contributed by atoms with E-state index < -0.39 is 12.2 Å². The molecule has 0 aliphatic carbocycles. The van der Waals surface area contributed by atoms with Crippen LogP contribution in [0.1, 0.15) is 30.6 Å². The molecule has 0 aliphatic heterocycles. The number of aliphatic hydroxyl groups is 2. The molecule has 2 atom stereocenters. The van der Waals surface area contributed by atoms with E-state index in [4.69, 9.17) is 5.73 Å². The Morgan fingerprint density at radius 3 is 2.79 bits per heavy atom. The summed E-state index contributed by atoms with van der Waals surface area (Å²) < 4.78 is 0. The molecule has 1 aromatic rings. The van der Waals surface area contributed by atoms with Crippen LogP contribution < -0.4 is 11.1 Å². The zero-order valence-electron chi connectivity index (χ0n) is 11.2. The molecule has 0 saturated heterocycles. The Morgan fingerprint density at radius 1 is 1.42 bits per heavy atom. The highest BCUT2D eigenvalue weighted by atomic mass is 16.3. The first-order chi connectivity index (χ1) is 9.04. The first-order valence-electron chi connectivity index (χ1n) is 6.44. The Labute approximate surface area is 113 Å². The minimum atomic E-state index is -0.952. The van der Waals surface area contributed by atoms with Crippen molar-refractivity contribution in [1.82, 2.24) is 5.32 Å². The number of aliphatic hydroxyl groups excluding tert-OH is 2. The van der Waals surface area contributed by atoms with Crippen LogP contribution in [-0.2, 0) is 11.2 Å². The molecule has 0 heterocycles. The van der Waals surface area contributed by atoms with Gasteiger partial charge in [0.1, 0.15) is 6.10 Å². The maximum absolute atomic E-state index is 10.7. The number of hydrogen-bond acceptors (Lipinski definition) is 4. The molecule has 2 unspecified atom stereocenters. The minimum Gasteiger partial charge on any atom is -0.390 e. The Kier molecular flexibility index (Phi) is 6.49. The average Bonchev–Trinajstić information content (AvgIpc) is 2.38. The lowest BCUT2D eigenvalue weighted by Crippen LogP contribution is -2.27. The van der Waals surface area contributed by atoms with E-state index >= 15 is 0 Å². The number of nitrogens with two attached hydrogens (primary N) is 1. The largest absolute Gasteiger partial charge is 0.390 e. The number of hydrogen-bond donors (Lipinski definition) is 4. The fourth-order valence-corrected chi connectivity index (χ4v) is 1.88. The normalized spacial score (nSPS) is 13.9. The van der Waals surface area contributed by atoms with Crippen LogP contribution in [0.3, 0.4) is 0 Å². The summed E-state index contributed by atoms with van der Waals surface area (Å²) in [6, 6.07) is 7.39. The quantitative estimate of drug-likeness (QED) is 0.563. The van der Waals surface area contributed by atoms with Gasteiger partial charge in [-0.3, -0.25) is 4.79 Å². The van der Waals surface area contributed by atoms with Gasteiger partial charge in [-0.15, -0.1) is 0 Å². The van der Waals surface area contributed by atoms with Gasteiger partial charge in [0.15, 0.2) is 0 Å². The van der Waals surface area contributed by atoms with E-state index in [0.717, 1.165) is 12.0 Å². The lowest BCUT2D eigenvalue weighted by Gasteiger charge is -2.19. The lowest BCUT2D eigenvalue weighted by molar-refractivity contribution is -0.119. The number of rotatable bonds is 7. The van der Waals surface area contributed by atoms with Gasteiger partial charge in [0.2, 0.25) is 5.91 Å². The first kappa shape index (κ1) is 15.6. The standard InChI is InChI=1S/C14H22N2O3/c1-10(17)16-8-6-13(18)14(19)12-4-2-3-11(9-12)5-7-15/h2-4,9,13-14,18-19H,5-8,15H2,1H3,(H,16,17). The van der Waals surface area contributed by atoms with Gasteiger partial charge in [-0.05, 0) is 30.5 Å². The lowest BCUT2D eigenvalue weighted by atomic mass is 9.99. The summed E-state index contributed by atoms with van der Waals surface area (Å²) in [5.74, 6) is -0.147. The van der Waals surface area contributed by atoms with Crippen LogP contribution in [0.25, 0.3) is 0 Å². The number of benzene rings is 1. The molecule has 0 spiro atoms. The Balaban J connectivity index is 2.57. The van der Waals surface area contributed by atoms with Crippen molar-refractivity contribution in [2.24, 2.45) is 5.73 Å². The van der Waals surface area contributed by atoms with Crippen LogP contribution >= 0.6 is 0 Å². The van der Waals surface area contributed by atoms with Crippen LogP contribution in [0.15, 0.2) is 24.3 Å². The third-order valence-corrected chi connectivity index (χ3v) is 2.90. The van der Waals surface area contributed by atoms with Crippen LogP contribution in [0.4, 0.5) is 0 Å². The summed E-state index contributed by atoms with van der Waals surface area (Å²) in [6.07, 6.45) is -0.809. The SMILES string of the molecule is CC(=O)NCCC(O)C(O)c1cccc(CCN)c1. The van der Waals surface area contributed by atoms with Crippen molar-refractivity contribution >= 4 is 5.91 Å². The van der Waals surface area contributed by atoms with Crippen LogP contribution in [-0.4, -0.2) is 35.3 Å². The van der Waals surface area contributed by atoms with Gasteiger partial charge in [-0.1, -0.05) is 24.3 Å². The third kappa shape index (κ3) is 5.38. The van der Waals surface area contributed by atoms with Crippen LogP contribution in [0, 0.1) is 0 Å². The summed E-state index contributed by atoms with van der Waals surface area (Å²) in [5.41, 5.74) is 7.19. The maximum atomic E-state index is 10.7. The average molecular weight is 266 g/mol. The van der Waals surface area contributed by atoms with E-state index in [9.17, 15) is 15.0 Å². The van der Waals surface area contributed by atoms with Gasteiger partial charge in [0, 0.05) is 13.5 Å². The predicted octanol–water partition coefficient (Wildman–Crippen LogP) is 0.108. The molecule has 0 fully saturated rings. The van der Waals surface area contributed by atoms with E-state index in [0.29, 0.717) is 25.1 Å². The topological polar surface area (TPSA) is 95.6 Å². The van der Waals surface area contributed by atoms with Gasteiger partial charge in [0.25, 0.3) is 0 Å². The predicted molar refractivity (Wildman–Crippen MR) is 73.5 cm³/mol. The fourth-order valence-electron chi connectivity index (χ4n) is 1.88. The van der Waals surface area contributed by atoms with Crippen molar-refractivity contribution < 1.29 is 15.0 Å². The van der Waals surface area contributed by atoms with E-state index in [1.165, 1.54) is 6.92 Å². The second-order valence-corrected chi connectivity index (χ2v) is 4.57. The second kappa shape index (κ2) is 7.89. The number of carbonyl (C=O) groups excluding carboxylic acids is 1. The number of nitrogens with one attached hydrogen (secondary N) is 1. The zero-order chi connectivity index (χ0) is 14.3. The molecule has 0 radical (unpaired) electrons. The molecule has 5 nitrogen and oxygen atoms in total. The van der Waals surface area contributed by atoms with Gasteiger partial charge in [-0.2, -0.15) is 0 Å². The highest BCUT2D eigenvalue weighted by molar-refractivity contribution is 5.72. The van der Waals surface area contributed by atoms with Crippen LogP contribution in [0.2, 0.25) is 0 Å². The molecule has 1 amide bonds. The highest BCUT2D eigenvalue weighted by Crippen LogP contribution is 2.20. The van der Waals surface area contributed by atoms with Gasteiger partial charge in [-0.25, -0.2) is 0 Å². The van der Waals surface area contributed by atoms with Crippen molar-refractivity contribution in [2.45, 2.75) is 32.0 Å². The number of carbonyl (C=O) groups is 1. The molecular formula is C14H22N2O3. The first-order valence-corrected chi connectivity index (χ1v) is 6.44. The Morgan fingerprint density at radius 2 is 2.16 bits per heavy atom. The van der Waals surface area contributed by atoms with E-state index in [1.54, 1.807) is 6.07 Å². The molecule has 1 aromatic carbocycles. The summed E-state index contributed by atoms with van der Waals surface area (Å²) in [6.45, 7) is 2.31. The minimum absolute atomic E-state index is 0.147. The van der Waals surface area contributed by atoms with Crippen molar-refractivity contribution in [1.29, 1.82) is 0 Å². The summed E-state index contributed by atoms with van der Waals surface area (Å²) in [7, 11) is 0. The molecule has 0 aliphatic rings. The molecule has 5 heteroatoms. The summed E-state index contributed by atoms with van der Waals surface area (Å²) >= 11 is 0. The molecule has 5 N–H and O–H groups in total. The van der Waals surface area contributed by atoms with Crippen molar-refractivity contribution in [3.8, 4) is 0 Å². The van der Waals surface area contributed by atoms with Crippen molar-refractivity contribution in [2.75, 3.05) is 13.1 Å². The summed E-state index contributed by atoms with van der Waals surface area (Å²) in [5, 5.41) is 22.5. The molecule has 106 valence electrons. The Bertz CT molecular complexity index is 409.